The molecule has 174 valence electrons. The van der Waals surface area contributed by atoms with E-state index in [2.05, 4.69) is 15.3 Å². The largest absolute Gasteiger partial charge is 0.370 e. The Morgan fingerprint density at radius 3 is 2.54 bits per heavy atom. The van der Waals surface area contributed by atoms with Crippen molar-refractivity contribution in [1.29, 1.82) is 5.26 Å². The lowest BCUT2D eigenvalue weighted by atomic mass is 9.93. The number of pyridine rings is 1. The highest BCUT2D eigenvalue weighted by molar-refractivity contribution is 6.04. The van der Waals surface area contributed by atoms with Gasteiger partial charge in [0.25, 0.3) is 5.91 Å². The highest BCUT2D eigenvalue weighted by atomic mass is 16.2. The van der Waals surface area contributed by atoms with E-state index >= 15 is 0 Å². The van der Waals surface area contributed by atoms with Crippen LogP contribution >= 0.6 is 0 Å². The molecule has 4 aromatic rings. The number of fused-ring (bicyclic) bond motifs is 1. The fraction of sp³-hybridized carbons (Fsp3) is 0.154. The number of imidazole rings is 1. The topological polar surface area (TPSA) is 144 Å². The van der Waals surface area contributed by atoms with Crippen molar-refractivity contribution in [1.82, 2.24) is 14.5 Å². The molecule has 2 amide bonds. The summed E-state index contributed by atoms with van der Waals surface area (Å²) < 4.78 is 1.71. The first-order chi connectivity index (χ1) is 16.9. The maximum atomic E-state index is 12.9. The molecule has 35 heavy (non-hydrogen) atoms. The number of nitrogens with one attached hydrogen (secondary N) is 1. The summed E-state index contributed by atoms with van der Waals surface area (Å²) in [6, 6.07) is 17.1. The first-order valence-electron chi connectivity index (χ1n) is 10.9. The predicted octanol–water partition coefficient (Wildman–Crippen LogP) is 3.42. The van der Waals surface area contributed by atoms with Gasteiger partial charge in [-0.2, -0.15) is 5.26 Å². The molecule has 1 unspecified atom stereocenters. The van der Waals surface area contributed by atoms with E-state index in [1.807, 2.05) is 25.1 Å². The number of nitrogens with zero attached hydrogens (tertiary/aromatic N) is 4. The fourth-order valence-electron chi connectivity index (χ4n) is 3.74. The zero-order valence-electron chi connectivity index (χ0n) is 18.9. The lowest BCUT2D eigenvalue weighted by molar-refractivity contribution is -0.118. The van der Waals surface area contributed by atoms with Gasteiger partial charge in [0, 0.05) is 42.4 Å². The van der Waals surface area contributed by atoms with Crippen LogP contribution < -0.4 is 11.1 Å². The summed E-state index contributed by atoms with van der Waals surface area (Å²) in [6.45, 7) is 2.03. The summed E-state index contributed by atoms with van der Waals surface area (Å²) in [5.74, 6) is -1.15. The molecule has 0 aliphatic heterocycles. The molecular weight excluding hydrogens is 444 g/mol. The molecule has 9 nitrogen and oxygen atoms in total. The van der Waals surface area contributed by atoms with E-state index in [-0.39, 0.29) is 24.7 Å². The van der Waals surface area contributed by atoms with E-state index in [0.29, 0.717) is 27.7 Å². The molecular formula is C26H22N6O3. The monoisotopic (exact) mass is 466 g/mol. The number of nitrogens with two attached hydrogens (primary N) is 1. The summed E-state index contributed by atoms with van der Waals surface area (Å²) in [6.07, 6.45) is 3.20. The Labute approximate surface area is 201 Å². The van der Waals surface area contributed by atoms with Crippen molar-refractivity contribution >= 4 is 34.6 Å². The minimum Gasteiger partial charge on any atom is -0.370 e. The van der Waals surface area contributed by atoms with Gasteiger partial charge in [0.2, 0.25) is 11.9 Å². The Morgan fingerprint density at radius 1 is 1.11 bits per heavy atom. The summed E-state index contributed by atoms with van der Waals surface area (Å²) in [4.78, 5) is 45.7. The molecule has 0 bridgehead atoms. The van der Waals surface area contributed by atoms with Crippen LogP contribution in [-0.2, 0) is 11.3 Å². The smallest absolute Gasteiger partial charge is 0.257 e. The fourth-order valence-corrected chi connectivity index (χ4v) is 3.74. The zero-order chi connectivity index (χ0) is 24.9. The minimum absolute atomic E-state index is 0.0584. The molecule has 0 fully saturated rings. The van der Waals surface area contributed by atoms with Gasteiger partial charge in [-0.3, -0.25) is 24.7 Å². The lowest BCUT2D eigenvalue weighted by Gasteiger charge is -2.12. The minimum atomic E-state index is -0.483. The molecule has 0 saturated heterocycles. The maximum absolute atomic E-state index is 12.9. The third-order valence-electron chi connectivity index (χ3n) is 5.69. The number of amides is 2. The van der Waals surface area contributed by atoms with Crippen molar-refractivity contribution < 1.29 is 14.4 Å². The number of nitriles is 1. The number of primary amides is 1. The number of ketones is 1. The Bertz CT molecular complexity index is 1450. The van der Waals surface area contributed by atoms with E-state index < -0.39 is 17.7 Å². The van der Waals surface area contributed by atoms with E-state index in [0.717, 1.165) is 5.56 Å². The average Bonchev–Trinajstić information content (AvgIpc) is 3.22. The number of carbonyl (C=O) groups excluding carboxylic acids is 3. The summed E-state index contributed by atoms with van der Waals surface area (Å²) in [7, 11) is 0. The standard InChI is InChI=1S/C26H22N6O3/c1-16(24(34)20-3-2-11-29-15-20)19-8-9-22-21(13-19)30-26(32(22)12-10-23(28)33)31-25(35)18-6-4-17(14-27)5-7-18/h2-9,11,13,15-16H,10,12H2,1H3,(H2,28,33)(H,30,31,35). The van der Waals surface area contributed by atoms with Crippen molar-refractivity contribution in [2.75, 3.05) is 5.32 Å². The van der Waals surface area contributed by atoms with Crippen molar-refractivity contribution in [3.63, 3.8) is 0 Å². The van der Waals surface area contributed by atoms with Crippen molar-refractivity contribution in [3.8, 4) is 6.07 Å². The molecule has 3 N–H and O–H groups in total. The zero-order valence-corrected chi connectivity index (χ0v) is 18.9. The number of rotatable bonds is 8. The van der Waals surface area contributed by atoms with Gasteiger partial charge in [0.1, 0.15) is 0 Å². The Balaban J connectivity index is 1.67. The second-order valence-electron chi connectivity index (χ2n) is 8.02. The summed E-state index contributed by atoms with van der Waals surface area (Å²) in [5.41, 5.74) is 8.67. The van der Waals surface area contributed by atoms with Gasteiger partial charge < -0.3 is 10.3 Å². The first kappa shape index (κ1) is 23.3. The Morgan fingerprint density at radius 2 is 1.89 bits per heavy atom. The van der Waals surface area contributed by atoms with Gasteiger partial charge in [-0.05, 0) is 54.1 Å². The van der Waals surface area contributed by atoms with Crippen molar-refractivity contribution in [2.45, 2.75) is 25.8 Å². The van der Waals surface area contributed by atoms with E-state index in [1.54, 1.807) is 53.2 Å². The van der Waals surface area contributed by atoms with Crippen LogP contribution in [0.25, 0.3) is 11.0 Å². The van der Waals surface area contributed by atoms with Gasteiger partial charge in [-0.1, -0.05) is 13.0 Å². The third-order valence-corrected chi connectivity index (χ3v) is 5.69. The van der Waals surface area contributed by atoms with Crippen molar-refractivity contribution in [3.05, 3.63) is 89.2 Å². The molecule has 0 spiro atoms. The number of hydrogen-bond acceptors (Lipinski definition) is 6. The number of Topliss-reactive ketones (excluding diaryl/α,β-unsaturated/α-hetero) is 1. The number of aryl methyl sites for hydroxylation is 1. The van der Waals surface area contributed by atoms with Gasteiger partial charge in [0.05, 0.1) is 22.7 Å². The SMILES string of the molecule is CC(C(=O)c1cccnc1)c1ccc2c(c1)nc(NC(=O)c1ccc(C#N)cc1)n2CCC(N)=O. The van der Waals surface area contributed by atoms with Crippen LogP contribution in [0.15, 0.2) is 67.0 Å². The predicted molar refractivity (Wildman–Crippen MR) is 130 cm³/mol. The molecule has 4 rings (SSSR count). The van der Waals surface area contributed by atoms with E-state index in [1.165, 1.54) is 6.20 Å². The molecule has 0 saturated carbocycles. The molecule has 2 aromatic carbocycles. The highest BCUT2D eigenvalue weighted by Gasteiger charge is 2.20. The maximum Gasteiger partial charge on any atom is 0.257 e. The molecule has 9 heteroatoms. The van der Waals surface area contributed by atoms with Crippen molar-refractivity contribution in [2.24, 2.45) is 5.73 Å². The molecule has 0 aliphatic carbocycles. The molecule has 0 aliphatic rings. The Hall–Kier alpha value is -4.84. The number of hydrogen-bond donors (Lipinski definition) is 2. The molecule has 2 aromatic heterocycles. The number of carbonyl (C=O) groups is 3. The highest BCUT2D eigenvalue weighted by Crippen LogP contribution is 2.27. The quantitative estimate of drug-likeness (QED) is 0.381. The van der Waals surface area contributed by atoms with Crippen LogP contribution in [0.4, 0.5) is 5.95 Å². The van der Waals surface area contributed by atoms with Gasteiger partial charge in [-0.15, -0.1) is 0 Å². The number of benzene rings is 2. The van der Waals surface area contributed by atoms with Gasteiger partial charge >= 0.3 is 0 Å². The third kappa shape index (κ3) is 5.07. The second kappa shape index (κ2) is 9.97. The number of aromatic nitrogens is 3. The normalized spacial score (nSPS) is 11.5. The first-order valence-corrected chi connectivity index (χ1v) is 10.9. The molecule has 1 atom stereocenters. The van der Waals surface area contributed by atoms with Crippen LogP contribution in [0.5, 0.6) is 0 Å². The van der Waals surface area contributed by atoms with Crippen LogP contribution in [-0.4, -0.2) is 32.1 Å². The van der Waals surface area contributed by atoms with Gasteiger partial charge in [-0.25, -0.2) is 4.98 Å². The summed E-state index contributed by atoms with van der Waals surface area (Å²) >= 11 is 0. The van der Waals surface area contributed by atoms with E-state index in [9.17, 15) is 14.4 Å². The number of anilines is 1. The lowest BCUT2D eigenvalue weighted by Crippen LogP contribution is -2.18. The van der Waals surface area contributed by atoms with Crippen LogP contribution in [0.1, 0.15) is 51.1 Å². The summed E-state index contributed by atoms with van der Waals surface area (Å²) in [5, 5.41) is 11.7. The average molecular weight is 467 g/mol. The molecule has 0 radical (unpaired) electrons. The second-order valence-corrected chi connectivity index (χ2v) is 8.02. The van der Waals surface area contributed by atoms with Crippen LogP contribution in [0, 0.1) is 11.3 Å². The van der Waals surface area contributed by atoms with Gasteiger partial charge in [0.15, 0.2) is 5.78 Å². The van der Waals surface area contributed by atoms with Crippen LogP contribution in [0.2, 0.25) is 0 Å². The van der Waals surface area contributed by atoms with Crippen LogP contribution in [0.3, 0.4) is 0 Å². The van der Waals surface area contributed by atoms with E-state index in [4.69, 9.17) is 11.0 Å². The Kier molecular flexibility index (Phi) is 6.64. The molecule has 2 heterocycles.